The summed E-state index contributed by atoms with van der Waals surface area (Å²) in [6, 6.07) is 16.5. The number of ether oxygens (including phenoxy) is 2. The molecule has 1 fully saturated rings. The molecule has 1 aliphatic rings. The number of thiophene rings is 1. The van der Waals surface area contributed by atoms with E-state index in [2.05, 4.69) is 5.32 Å². The standard InChI is InChI=1S/C27H31N3O4S/c1-29(2)24-13-10-21(28-26(31)19-8-11-22(33-3)12-9-19)16-20(24)17-30(18-23-6-4-14-34-23)27(32)25-7-5-15-35-25/h5,7-13,15-16,23H,4,6,14,17-18H2,1-3H3,(H,28,31). The SMILES string of the molecule is COc1ccc(C(=O)Nc2ccc(N(C)C)c(CN(CC3CCCO3)C(=O)c3cccs3)c2)cc1. The molecular weight excluding hydrogens is 462 g/mol. The van der Waals surface area contributed by atoms with Crippen LogP contribution in [-0.4, -0.2) is 57.2 Å². The molecule has 0 spiro atoms. The van der Waals surface area contributed by atoms with Gasteiger partial charge in [-0.2, -0.15) is 0 Å². The van der Waals surface area contributed by atoms with E-state index in [1.165, 1.54) is 11.3 Å². The Balaban J connectivity index is 1.58. The molecule has 2 aromatic carbocycles. The van der Waals surface area contributed by atoms with Crippen molar-refractivity contribution < 1.29 is 19.1 Å². The number of methoxy groups -OCH3 is 1. The number of benzene rings is 2. The minimum atomic E-state index is -0.206. The van der Waals surface area contributed by atoms with Gasteiger partial charge in [0.25, 0.3) is 11.8 Å². The quantitative estimate of drug-likeness (QED) is 0.459. The van der Waals surface area contributed by atoms with E-state index in [0.29, 0.717) is 35.0 Å². The maximum absolute atomic E-state index is 13.4. The average Bonchev–Trinajstić information content (AvgIpc) is 3.58. The number of nitrogens with zero attached hydrogens (tertiary/aromatic N) is 2. The molecule has 2 heterocycles. The van der Waals surface area contributed by atoms with Crippen molar-refractivity contribution in [1.82, 2.24) is 4.90 Å². The second kappa shape index (κ2) is 11.4. The summed E-state index contributed by atoms with van der Waals surface area (Å²) in [7, 11) is 5.54. The first-order valence-electron chi connectivity index (χ1n) is 11.6. The number of anilines is 2. The number of carbonyl (C=O) groups excluding carboxylic acids is 2. The normalized spacial score (nSPS) is 15.0. The topological polar surface area (TPSA) is 71.1 Å². The first-order valence-corrected chi connectivity index (χ1v) is 12.5. The van der Waals surface area contributed by atoms with Gasteiger partial charge in [0, 0.05) is 50.7 Å². The van der Waals surface area contributed by atoms with E-state index < -0.39 is 0 Å². The molecule has 35 heavy (non-hydrogen) atoms. The van der Waals surface area contributed by atoms with Crippen molar-refractivity contribution in [1.29, 1.82) is 0 Å². The van der Waals surface area contributed by atoms with Crippen molar-refractivity contribution in [2.24, 2.45) is 0 Å². The Bertz CT molecular complexity index is 1140. The third-order valence-corrected chi connectivity index (χ3v) is 6.86. The van der Waals surface area contributed by atoms with Crippen LogP contribution in [0.2, 0.25) is 0 Å². The summed E-state index contributed by atoms with van der Waals surface area (Å²) in [5.41, 5.74) is 3.15. The number of nitrogens with one attached hydrogen (secondary N) is 1. The highest BCUT2D eigenvalue weighted by molar-refractivity contribution is 7.12. The van der Waals surface area contributed by atoms with Crippen molar-refractivity contribution in [2.45, 2.75) is 25.5 Å². The molecule has 0 bridgehead atoms. The first kappa shape index (κ1) is 24.8. The Hall–Kier alpha value is -3.36. The average molecular weight is 494 g/mol. The van der Waals surface area contributed by atoms with Gasteiger partial charge < -0.3 is 24.6 Å². The van der Waals surface area contributed by atoms with E-state index in [1.807, 2.05) is 59.6 Å². The predicted molar refractivity (Wildman–Crippen MR) is 140 cm³/mol. The monoisotopic (exact) mass is 493 g/mol. The van der Waals surface area contributed by atoms with Crippen molar-refractivity contribution in [3.8, 4) is 5.75 Å². The number of rotatable bonds is 9. The van der Waals surface area contributed by atoms with E-state index in [9.17, 15) is 9.59 Å². The summed E-state index contributed by atoms with van der Waals surface area (Å²) < 4.78 is 11.0. The van der Waals surface area contributed by atoms with Crippen LogP contribution in [-0.2, 0) is 11.3 Å². The van der Waals surface area contributed by atoms with Crippen LogP contribution >= 0.6 is 11.3 Å². The molecule has 7 nitrogen and oxygen atoms in total. The largest absolute Gasteiger partial charge is 0.497 e. The molecule has 1 unspecified atom stereocenters. The summed E-state index contributed by atoms with van der Waals surface area (Å²) in [6.45, 7) is 1.68. The van der Waals surface area contributed by atoms with Crippen molar-refractivity contribution in [3.63, 3.8) is 0 Å². The van der Waals surface area contributed by atoms with Gasteiger partial charge in [-0.15, -0.1) is 11.3 Å². The minimum Gasteiger partial charge on any atom is -0.497 e. The molecule has 1 atom stereocenters. The summed E-state index contributed by atoms with van der Waals surface area (Å²) in [6.07, 6.45) is 2.01. The Kier molecular flexibility index (Phi) is 8.05. The van der Waals surface area contributed by atoms with Gasteiger partial charge in [-0.05, 0) is 72.3 Å². The fourth-order valence-corrected chi connectivity index (χ4v) is 4.88. The lowest BCUT2D eigenvalue weighted by Crippen LogP contribution is -2.37. The van der Waals surface area contributed by atoms with Gasteiger partial charge in [0.2, 0.25) is 0 Å². The lowest BCUT2D eigenvalue weighted by atomic mass is 10.1. The molecule has 1 N–H and O–H groups in total. The van der Waals surface area contributed by atoms with Crippen molar-refractivity contribution in [3.05, 3.63) is 76.0 Å². The zero-order chi connectivity index (χ0) is 24.8. The fraction of sp³-hybridized carbons (Fsp3) is 0.333. The van der Waals surface area contributed by atoms with Crippen LogP contribution in [0.3, 0.4) is 0 Å². The number of hydrogen-bond donors (Lipinski definition) is 1. The predicted octanol–water partition coefficient (Wildman–Crippen LogP) is 4.90. The highest BCUT2D eigenvalue weighted by atomic mass is 32.1. The highest BCUT2D eigenvalue weighted by Crippen LogP contribution is 2.27. The van der Waals surface area contributed by atoms with E-state index in [4.69, 9.17) is 9.47 Å². The molecule has 8 heteroatoms. The molecule has 3 aromatic rings. The minimum absolute atomic E-state index is 0.00659. The smallest absolute Gasteiger partial charge is 0.264 e. The van der Waals surface area contributed by atoms with Crippen LogP contribution in [0, 0.1) is 0 Å². The summed E-state index contributed by atoms with van der Waals surface area (Å²) in [4.78, 5) is 30.8. The summed E-state index contributed by atoms with van der Waals surface area (Å²) >= 11 is 1.44. The summed E-state index contributed by atoms with van der Waals surface area (Å²) in [5, 5.41) is 4.90. The van der Waals surface area contributed by atoms with Gasteiger partial charge >= 0.3 is 0 Å². The van der Waals surface area contributed by atoms with E-state index >= 15 is 0 Å². The van der Waals surface area contributed by atoms with Crippen LogP contribution in [0.15, 0.2) is 60.0 Å². The van der Waals surface area contributed by atoms with Crippen LogP contribution in [0.25, 0.3) is 0 Å². The van der Waals surface area contributed by atoms with Crippen molar-refractivity contribution >= 4 is 34.5 Å². The second-order valence-electron chi connectivity index (χ2n) is 8.72. The molecule has 4 rings (SSSR count). The zero-order valence-electron chi connectivity index (χ0n) is 20.3. The fourth-order valence-electron chi connectivity index (χ4n) is 4.19. The maximum Gasteiger partial charge on any atom is 0.264 e. The van der Waals surface area contributed by atoms with Gasteiger partial charge in [0.15, 0.2) is 0 Å². The molecule has 1 aliphatic heterocycles. The molecule has 2 amide bonds. The van der Waals surface area contributed by atoms with Gasteiger partial charge in [-0.3, -0.25) is 9.59 Å². The molecule has 1 saturated heterocycles. The third kappa shape index (κ3) is 6.21. The van der Waals surface area contributed by atoms with E-state index in [0.717, 1.165) is 30.7 Å². The van der Waals surface area contributed by atoms with E-state index in [-0.39, 0.29) is 17.9 Å². The maximum atomic E-state index is 13.4. The number of hydrogen-bond acceptors (Lipinski definition) is 6. The molecule has 184 valence electrons. The third-order valence-electron chi connectivity index (χ3n) is 6.00. The zero-order valence-corrected chi connectivity index (χ0v) is 21.1. The number of carbonyl (C=O) groups is 2. The Labute approximate surface area is 210 Å². The summed E-state index contributed by atoms with van der Waals surface area (Å²) in [5.74, 6) is 0.482. The van der Waals surface area contributed by atoms with Crippen LogP contribution in [0.5, 0.6) is 5.75 Å². The lowest BCUT2D eigenvalue weighted by molar-refractivity contribution is 0.0511. The molecule has 0 saturated carbocycles. The molecule has 0 aliphatic carbocycles. The van der Waals surface area contributed by atoms with Gasteiger partial charge in [0.1, 0.15) is 5.75 Å². The second-order valence-corrected chi connectivity index (χ2v) is 9.67. The number of amides is 2. The van der Waals surface area contributed by atoms with Crippen molar-refractivity contribution in [2.75, 3.05) is 44.6 Å². The lowest BCUT2D eigenvalue weighted by Gasteiger charge is -2.28. The molecule has 0 radical (unpaired) electrons. The Morgan fingerprint density at radius 3 is 2.57 bits per heavy atom. The first-order chi connectivity index (χ1) is 16.9. The van der Waals surface area contributed by atoms with Crippen LogP contribution in [0.4, 0.5) is 11.4 Å². The Morgan fingerprint density at radius 1 is 1.14 bits per heavy atom. The molecule has 1 aromatic heterocycles. The van der Waals surface area contributed by atoms with Gasteiger partial charge in [-0.25, -0.2) is 0 Å². The van der Waals surface area contributed by atoms with Gasteiger partial charge in [-0.1, -0.05) is 6.07 Å². The Morgan fingerprint density at radius 2 is 1.94 bits per heavy atom. The highest BCUT2D eigenvalue weighted by Gasteiger charge is 2.25. The van der Waals surface area contributed by atoms with Crippen LogP contribution < -0.4 is 15.0 Å². The van der Waals surface area contributed by atoms with E-state index in [1.54, 1.807) is 31.4 Å². The molecular formula is C27H31N3O4S. The van der Waals surface area contributed by atoms with Gasteiger partial charge in [0.05, 0.1) is 18.1 Å². The van der Waals surface area contributed by atoms with Crippen LogP contribution in [0.1, 0.15) is 38.4 Å².